The summed E-state index contributed by atoms with van der Waals surface area (Å²) in [5, 5.41) is 0.783. The lowest BCUT2D eigenvalue weighted by molar-refractivity contribution is 0.0479. The molecule has 25 heavy (non-hydrogen) atoms. The maximum absolute atomic E-state index is 12.1. The van der Waals surface area contributed by atoms with E-state index in [4.69, 9.17) is 20.8 Å². The largest absolute Gasteiger partial charge is 0.457 e. The fourth-order valence-electron chi connectivity index (χ4n) is 2.77. The fraction of sp³-hybridized carbons (Fsp3) is 0.263. The van der Waals surface area contributed by atoms with Crippen molar-refractivity contribution in [1.82, 2.24) is 0 Å². The second-order valence-electron chi connectivity index (χ2n) is 6.13. The predicted octanol–water partition coefficient (Wildman–Crippen LogP) is 5.30. The lowest BCUT2D eigenvalue weighted by Crippen LogP contribution is -2.07. The lowest BCUT2D eigenvalue weighted by Gasteiger charge is -2.13. The summed E-state index contributed by atoms with van der Waals surface area (Å²) in [6.07, 6.45) is 0. The van der Waals surface area contributed by atoms with Gasteiger partial charge in [-0.2, -0.15) is 0 Å². The molecule has 2 heterocycles. The number of benzene rings is 1. The maximum atomic E-state index is 12.1. The highest BCUT2D eigenvalue weighted by molar-refractivity contribution is 7.17. The van der Waals surface area contributed by atoms with E-state index in [2.05, 4.69) is 13.8 Å². The summed E-state index contributed by atoms with van der Waals surface area (Å²) in [6.45, 7) is 6.19. The Morgan fingerprint density at radius 1 is 1.28 bits per heavy atom. The Balaban J connectivity index is 1.96. The van der Waals surface area contributed by atoms with Gasteiger partial charge in [-0.3, -0.25) is 0 Å². The number of aryl methyl sites for hydroxylation is 1. The molecule has 2 aromatic heterocycles. The van der Waals surface area contributed by atoms with Gasteiger partial charge in [-0.25, -0.2) is 9.59 Å². The standard InChI is InChI=1S/C19H17ClO4S/c1-10(2)13-8-14-12(7-18(21)24-15(14)6-11(13)3)9-23-19(22)16-4-5-17(20)25-16/h4-8,10H,9H2,1-3H3. The van der Waals surface area contributed by atoms with Crippen LogP contribution in [0.3, 0.4) is 0 Å². The van der Waals surface area contributed by atoms with Crippen molar-refractivity contribution >= 4 is 39.9 Å². The molecule has 0 saturated carbocycles. The van der Waals surface area contributed by atoms with E-state index in [0.29, 0.717) is 26.3 Å². The van der Waals surface area contributed by atoms with Crippen molar-refractivity contribution in [3.8, 4) is 0 Å². The van der Waals surface area contributed by atoms with Gasteiger partial charge < -0.3 is 9.15 Å². The van der Waals surface area contributed by atoms with Gasteiger partial charge in [0.1, 0.15) is 17.1 Å². The van der Waals surface area contributed by atoms with Crippen LogP contribution in [0.2, 0.25) is 4.34 Å². The van der Waals surface area contributed by atoms with Gasteiger partial charge in [0, 0.05) is 17.0 Å². The Morgan fingerprint density at radius 3 is 2.68 bits per heavy atom. The number of hydrogen-bond acceptors (Lipinski definition) is 5. The predicted molar refractivity (Wildman–Crippen MR) is 99.8 cm³/mol. The van der Waals surface area contributed by atoms with E-state index in [1.54, 1.807) is 12.1 Å². The molecule has 3 rings (SSSR count). The van der Waals surface area contributed by atoms with Crippen LogP contribution in [0.1, 0.15) is 46.1 Å². The lowest BCUT2D eigenvalue weighted by atomic mass is 9.95. The first-order chi connectivity index (χ1) is 11.8. The van der Waals surface area contributed by atoms with E-state index in [-0.39, 0.29) is 6.61 Å². The van der Waals surface area contributed by atoms with E-state index in [9.17, 15) is 9.59 Å². The molecular formula is C19H17ClO4S. The van der Waals surface area contributed by atoms with Crippen LogP contribution >= 0.6 is 22.9 Å². The van der Waals surface area contributed by atoms with Crippen LogP contribution in [0.4, 0.5) is 0 Å². The molecule has 6 heteroatoms. The van der Waals surface area contributed by atoms with Gasteiger partial charge in [0.25, 0.3) is 0 Å². The molecule has 0 aliphatic rings. The SMILES string of the molecule is Cc1cc2oc(=O)cc(COC(=O)c3ccc(Cl)s3)c2cc1C(C)C. The zero-order chi connectivity index (χ0) is 18.1. The van der Waals surface area contributed by atoms with E-state index in [1.807, 2.05) is 19.1 Å². The number of hydrogen-bond donors (Lipinski definition) is 0. The van der Waals surface area contributed by atoms with E-state index in [1.165, 1.54) is 11.6 Å². The molecule has 0 radical (unpaired) electrons. The van der Waals surface area contributed by atoms with Crippen LogP contribution in [-0.2, 0) is 11.3 Å². The smallest absolute Gasteiger partial charge is 0.348 e. The topological polar surface area (TPSA) is 56.5 Å². The zero-order valence-corrected chi connectivity index (χ0v) is 15.7. The van der Waals surface area contributed by atoms with Crippen LogP contribution < -0.4 is 5.63 Å². The third kappa shape index (κ3) is 3.78. The molecule has 0 fully saturated rings. The minimum absolute atomic E-state index is 0.00293. The third-order valence-electron chi connectivity index (χ3n) is 3.97. The van der Waals surface area contributed by atoms with E-state index >= 15 is 0 Å². The van der Waals surface area contributed by atoms with Crippen LogP contribution in [-0.4, -0.2) is 5.97 Å². The molecule has 4 nitrogen and oxygen atoms in total. The number of carbonyl (C=O) groups is 1. The van der Waals surface area contributed by atoms with Gasteiger partial charge in [-0.1, -0.05) is 25.4 Å². The van der Waals surface area contributed by atoms with Gasteiger partial charge in [-0.05, 0) is 48.2 Å². The van der Waals surface area contributed by atoms with Crippen molar-refractivity contribution in [3.05, 3.63) is 66.7 Å². The molecule has 0 bridgehead atoms. The summed E-state index contributed by atoms with van der Waals surface area (Å²) >= 11 is 7.00. The average Bonchev–Trinajstić information content (AvgIpc) is 2.97. The number of halogens is 1. The first-order valence-electron chi connectivity index (χ1n) is 7.85. The number of thiophene rings is 1. The summed E-state index contributed by atoms with van der Waals surface area (Å²) in [7, 11) is 0. The number of rotatable bonds is 4. The van der Waals surface area contributed by atoms with E-state index in [0.717, 1.165) is 22.3 Å². The Kier molecular flexibility index (Phi) is 4.97. The molecule has 1 aromatic carbocycles. The Morgan fingerprint density at radius 2 is 2.04 bits per heavy atom. The third-order valence-corrected chi connectivity index (χ3v) is 5.18. The van der Waals surface area contributed by atoms with Gasteiger partial charge in [0.15, 0.2) is 0 Å². The molecule has 0 aliphatic heterocycles. The minimum atomic E-state index is -0.464. The number of ether oxygens (including phenoxy) is 1. The molecule has 3 aromatic rings. The zero-order valence-electron chi connectivity index (χ0n) is 14.1. The highest BCUT2D eigenvalue weighted by Crippen LogP contribution is 2.28. The monoisotopic (exact) mass is 376 g/mol. The quantitative estimate of drug-likeness (QED) is 0.458. The van der Waals surface area contributed by atoms with Gasteiger partial charge in [-0.15, -0.1) is 11.3 Å². The number of carbonyl (C=O) groups excluding carboxylic acids is 1. The van der Waals surface area contributed by atoms with Crippen molar-refractivity contribution in [3.63, 3.8) is 0 Å². The summed E-state index contributed by atoms with van der Waals surface area (Å²) in [5.41, 5.74) is 2.89. The van der Waals surface area contributed by atoms with Crippen molar-refractivity contribution in [2.24, 2.45) is 0 Å². The number of fused-ring (bicyclic) bond motifs is 1. The molecule has 0 unspecified atom stereocenters. The Labute approximate surface area is 154 Å². The highest BCUT2D eigenvalue weighted by Gasteiger charge is 2.14. The molecule has 0 atom stereocenters. The Hall–Kier alpha value is -2.11. The molecule has 0 saturated heterocycles. The van der Waals surface area contributed by atoms with E-state index < -0.39 is 11.6 Å². The van der Waals surface area contributed by atoms with Gasteiger partial charge in [0.2, 0.25) is 0 Å². The maximum Gasteiger partial charge on any atom is 0.348 e. The van der Waals surface area contributed by atoms with Crippen molar-refractivity contribution < 1.29 is 13.9 Å². The first-order valence-corrected chi connectivity index (χ1v) is 9.04. The molecule has 0 aliphatic carbocycles. The molecule has 0 N–H and O–H groups in total. The first kappa shape index (κ1) is 17.7. The Bertz CT molecular complexity index is 1000. The van der Waals surface area contributed by atoms with Crippen molar-refractivity contribution in [2.75, 3.05) is 0 Å². The normalized spacial score (nSPS) is 11.2. The van der Waals surface area contributed by atoms with Crippen LogP contribution in [0.25, 0.3) is 11.0 Å². The molecule has 0 amide bonds. The summed E-state index contributed by atoms with van der Waals surface area (Å²) < 4.78 is 11.2. The van der Waals surface area contributed by atoms with Crippen LogP contribution in [0.5, 0.6) is 0 Å². The van der Waals surface area contributed by atoms with Gasteiger partial charge >= 0.3 is 11.6 Å². The van der Waals surface area contributed by atoms with Gasteiger partial charge in [0.05, 0.1) is 4.34 Å². The second-order valence-corrected chi connectivity index (χ2v) is 7.85. The molecular weight excluding hydrogens is 360 g/mol. The van der Waals surface area contributed by atoms with Crippen LogP contribution in [0, 0.1) is 6.92 Å². The summed E-state index contributed by atoms with van der Waals surface area (Å²) in [4.78, 5) is 24.4. The fourth-order valence-corrected chi connectivity index (χ4v) is 3.71. The average molecular weight is 377 g/mol. The van der Waals surface area contributed by atoms with Crippen molar-refractivity contribution in [2.45, 2.75) is 33.3 Å². The number of esters is 1. The molecule has 0 spiro atoms. The minimum Gasteiger partial charge on any atom is -0.457 e. The summed E-state index contributed by atoms with van der Waals surface area (Å²) in [6, 6.07) is 8.50. The highest BCUT2D eigenvalue weighted by atomic mass is 35.5. The molecule has 130 valence electrons. The second kappa shape index (κ2) is 7.02. The van der Waals surface area contributed by atoms with Crippen LogP contribution in [0.15, 0.2) is 39.5 Å². The summed E-state index contributed by atoms with van der Waals surface area (Å²) in [5.74, 6) is -0.130. The van der Waals surface area contributed by atoms with Crippen molar-refractivity contribution in [1.29, 1.82) is 0 Å².